The summed E-state index contributed by atoms with van der Waals surface area (Å²) in [5.74, 6) is 0. The Morgan fingerprint density at radius 2 is 1.78 bits per heavy atom. The quantitative estimate of drug-likeness (QED) is 0.821. The first-order chi connectivity index (χ1) is 8.65. The number of nitrogens with zero attached hydrogens (tertiary/aromatic N) is 2. The average Bonchev–Trinajstić information content (AvgIpc) is 2.39. The third-order valence-corrected chi connectivity index (χ3v) is 2.68. The van der Waals surface area contributed by atoms with Crippen LogP contribution < -0.4 is 5.56 Å². The molecule has 0 spiro atoms. The second-order valence-corrected chi connectivity index (χ2v) is 3.85. The summed E-state index contributed by atoms with van der Waals surface area (Å²) in [5, 5.41) is 17.6. The SMILES string of the molecule is Cc1[nH]c(=O)c(C#N)cc1-c1ccc(C#N)cc1. The molecule has 0 aliphatic rings. The fourth-order valence-electron chi connectivity index (χ4n) is 1.73. The van der Waals surface area contributed by atoms with Crippen LogP contribution >= 0.6 is 0 Å². The number of rotatable bonds is 1. The van der Waals surface area contributed by atoms with Gasteiger partial charge in [-0.15, -0.1) is 0 Å². The minimum Gasteiger partial charge on any atom is -0.325 e. The first-order valence-electron chi connectivity index (χ1n) is 5.30. The lowest BCUT2D eigenvalue weighted by Gasteiger charge is -2.06. The van der Waals surface area contributed by atoms with Gasteiger partial charge in [0.15, 0.2) is 0 Å². The zero-order chi connectivity index (χ0) is 13.1. The number of nitrogens with one attached hydrogen (secondary N) is 1. The third kappa shape index (κ3) is 2.00. The van der Waals surface area contributed by atoms with E-state index >= 15 is 0 Å². The molecular weight excluding hydrogens is 226 g/mol. The van der Waals surface area contributed by atoms with Crippen molar-refractivity contribution in [2.45, 2.75) is 6.92 Å². The maximum Gasteiger partial charge on any atom is 0.266 e. The predicted octanol–water partition coefficient (Wildman–Crippen LogP) is 2.09. The first kappa shape index (κ1) is 11.6. The summed E-state index contributed by atoms with van der Waals surface area (Å²) in [6, 6.07) is 12.5. The summed E-state index contributed by atoms with van der Waals surface area (Å²) in [4.78, 5) is 14.1. The molecule has 1 heterocycles. The lowest BCUT2D eigenvalue weighted by Crippen LogP contribution is -2.11. The van der Waals surface area contributed by atoms with Crippen molar-refractivity contribution in [3.8, 4) is 23.3 Å². The van der Waals surface area contributed by atoms with Crippen LogP contribution in [0.3, 0.4) is 0 Å². The molecule has 1 N–H and O–H groups in total. The van der Waals surface area contributed by atoms with E-state index in [9.17, 15) is 4.79 Å². The van der Waals surface area contributed by atoms with E-state index in [0.29, 0.717) is 11.3 Å². The normalized spacial score (nSPS) is 9.50. The fourth-order valence-corrected chi connectivity index (χ4v) is 1.73. The Bertz CT molecular complexity index is 728. The molecule has 4 heteroatoms. The number of aryl methyl sites for hydroxylation is 1. The molecule has 18 heavy (non-hydrogen) atoms. The Hall–Kier alpha value is -2.85. The Morgan fingerprint density at radius 3 is 2.33 bits per heavy atom. The Morgan fingerprint density at radius 1 is 1.11 bits per heavy atom. The zero-order valence-electron chi connectivity index (χ0n) is 9.69. The van der Waals surface area contributed by atoms with E-state index in [1.807, 2.05) is 12.1 Å². The molecule has 0 bridgehead atoms. The van der Waals surface area contributed by atoms with Gasteiger partial charge in [0, 0.05) is 11.3 Å². The van der Waals surface area contributed by atoms with Gasteiger partial charge in [-0.2, -0.15) is 10.5 Å². The number of aromatic nitrogens is 1. The third-order valence-electron chi connectivity index (χ3n) is 2.68. The van der Waals surface area contributed by atoms with Crippen LogP contribution in [0.25, 0.3) is 11.1 Å². The highest BCUT2D eigenvalue weighted by molar-refractivity contribution is 5.67. The summed E-state index contributed by atoms with van der Waals surface area (Å²) in [5.41, 5.74) is 2.62. The lowest BCUT2D eigenvalue weighted by molar-refractivity contribution is 1.13. The summed E-state index contributed by atoms with van der Waals surface area (Å²) in [6.45, 7) is 1.77. The number of aromatic amines is 1. The van der Waals surface area contributed by atoms with Gasteiger partial charge in [-0.3, -0.25) is 4.79 Å². The van der Waals surface area contributed by atoms with Gasteiger partial charge in [0.25, 0.3) is 5.56 Å². The molecule has 0 saturated carbocycles. The standard InChI is InChI=1S/C14H9N3O/c1-9-13(6-12(8-16)14(18)17-9)11-4-2-10(7-15)3-5-11/h2-6H,1H3,(H,17,18). The molecule has 0 saturated heterocycles. The van der Waals surface area contributed by atoms with Crippen LogP contribution in [-0.2, 0) is 0 Å². The van der Waals surface area contributed by atoms with Crippen molar-refractivity contribution in [3.05, 3.63) is 57.5 Å². The van der Waals surface area contributed by atoms with Gasteiger partial charge in [-0.25, -0.2) is 0 Å². The number of pyridine rings is 1. The molecule has 0 amide bonds. The van der Waals surface area contributed by atoms with Crippen LogP contribution in [0.2, 0.25) is 0 Å². The molecule has 0 aliphatic heterocycles. The predicted molar refractivity (Wildman–Crippen MR) is 66.7 cm³/mol. The molecule has 0 aliphatic carbocycles. The summed E-state index contributed by atoms with van der Waals surface area (Å²) < 4.78 is 0. The van der Waals surface area contributed by atoms with Crippen LogP contribution in [0.5, 0.6) is 0 Å². The van der Waals surface area contributed by atoms with Gasteiger partial charge in [0.2, 0.25) is 0 Å². The topological polar surface area (TPSA) is 80.4 Å². The fraction of sp³-hybridized carbons (Fsp3) is 0.0714. The van der Waals surface area contributed by atoms with E-state index in [1.54, 1.807) is 37.3 Å². The van der Waals surface area contributed by atoms with Crippen LogP contribution in [0.4, 0.5) is 0 Å². The molecule has 4 nitrogen and oxygen atoms in total. The van der Waals surface area contributed by atoms with E-state index < -0.39 is 0 Å². The molecule has 0 atom stereocenters. The minimum absolute atomic E-state index is 0.0833. The Labute approximate surface area is 104 Å². The lowest BCUT2D eigenvalue weighted by atomic mass is 10.0. The van der Waals surface area contributed by atoms with Crippen molar-refractivity contribution in [2.24, 2.45) is 0 Å². The molecular formula is C14H9N3O. The van der Waals surface area contributed by atoms with Crippen LogP contribution in [0.15, 0.2) is 35.1 Å². The second kappa shape index (κ2) is 4.57. The van der Waals surface area contributed by atoms with E-state index in [1.165, 1.54) is 0 Å². The van der Waals surface area contributed by atoms with Crippen LogP contribution in [0, 0.1) is 29.6 Å². The number of benzene rings is 1. The van der Waals surface area contributed by atoms with Crippen molar-refractivity contribution in [3.63, 3.8) is 0 Å². The van der Waals surface area contributed by atoms with E-state index in [-0.39, 0.29) is 11.1 Å². The molecule has 0 unspecified atom stereocenters. The van der Waals surface area contributed by atoms with Crippen molar-refractivity contribution in [1.29, 1.82) is 10.5 Å². The van der Waals surface area contributed by atoms with Crippen molar-refractivity contribution in [2.75, 3.05) is 0 Å². The average molecular weight is 235 g/mol. The van der Waals surface area contributed by atoms with Crippen molar-refractivity contribution in [1.82, 2.24) is 4.98 Å². The van der Waals surface area contributed by atoms with Crippen LogP contribution in [0.1, 0.15) is 16.8 Å². The first-order valence-corrected chi connectivity index (χ1v) is 5.30. The van der Waals surface area contributed by atoms with E-state index in [4.69, 9.17) is 10.5 Å². The molecule has 2 rings (SSSR count). The monoisotopic (exact) mass is 235 g/mol. The summed E-state index contributed by atoms with van der Waals surface area (Å²) in [6.07, 6.45) is 0. The molecule has 86 valence electrons. The highest BCUT2D eigenvalue weighted by Gasteiger charge is 2.07. The van der Waals surface area contributed by atoms with Crippen molar-refractivity contribution < 1.29 is 0 Å². The van der Waals surface area contributed by atoms with Crippen LogP contribution in [-0.4, -0.2) is 4.98 Å². The second-order valence-electron chi connectivity index (χ2n) is 3.85. The van der Waals surface area contributed by atoms with E-state index in [0.717, 1.165) is 11.1 Å². The van der Waals surface area contributed by atoms with Crippen molar-refractivity contribution >= 4 is 0 Å². The van der Waals surface area contributed by atoms with Gasteiger partial charge in [0.1, 0.15) is 11.6 Å². The number of hydrogen-bond acceptors (Lipinski definition) is 3. The molecule has 1 aromatic heterocycles. The van der Waals surface area contributed by atoms with Gasteiger partial charge in [-0.1, -0.05) is 12.1 Å². The summed E-state index contributed by atoms with van der Waals surface area (Å²) in [7, 11) is 0. The number of H-pyrrole nitrogens is 1. The molecule has 2 aromatic rings. The Kier molecular flexibility index (Phi) is 2.95. The number of hydrogen-bond donors (Lipinski definition) is 1. The van der Waals surface area contributed by atoms with Gasteiger partial charge < -0.3 is 4.98 Å². The molecule has 0 fully saturated rings. The van der Waals surface area contributed by atoms with Gasteiger partial charge in [0.05, 0.1) is 11.6 Å². The Balaban J connectivity index is 2.61. The number of nitriles is 2. The highest BCUT2D eigenvalue weighted by Crippen LogP contribution is 2.22. The highest BCUT2D eigenvalue weighted by atomic mass is 16.1. The smallest absolute Gasteiger partial charge is 0.266 e. The molecule has 0 radical (unpaired) electrons. The van der Waals surface area contributed by atoms with Gasteiger partial charge >= 0.3 is 0 Å². The molecule has 1 aromatic carbocycles. The maximum atomic E-state index is 11.4. The minimum atomic E-state index is -0.382. The largest absolute Gasteiger partial charge is 0.325 e. The maximum absolute atomic E-state index is 11.4. The zero-order valence-corrected chi connectivity index (χ0v) is 9.69. The van der Waals surface area contributed by atoms with E-state index in [2.05, 4.69) is 4.98 Å². The van der Waals surface area contributed by atoms with Gasteiger partial charge in [-0.05, 0) is 30.7 Å². The summed E-state index contributed by atoms with van der Waals surface area (Å²) >= 11 is 0.